The summed E-state index contributed by atoms with van der Waals surface area (Å²) in [6.07, 6.45) is 6.97. The normalized spacial score (nSPS) is 15.1. The predicted octanol–water partition coefficient (Wildman–Crippen LogP) is 3.16. The zero-order valence-corrected chi connectivity index (χ0v) is 16.2. The van der Waals surface area contributed by atoms with Gasteiger partial charge in [0.05, 0.1) is 11.1 Å². The summed E-state index contributed by atoms with van der Waals surface area (Å²) in [5, 5.41) is 3.13. The highest BCUT2D eigenvalue weighted by Gasteiger charge is 2.34. The minimum Gasteiger partial charge on any atom is -0.357 e. The van der Waals surface area contributed by atoms with Crippen molar-refractivity contribution < 1.29 is 4.79 Å². The molecule has 0 aromatic carbocycles. The molecule has 1 amide bonds. The number of nitrogens with two attached hydrogens (primary N) is 1. The molecule has 0 atom stereocenters. The molecular weight excluding hydrogens is 347 g/mol. The topological polar surface area (TPSA) is 71.2 Å². The van der Waals surface area contributed by atoms with Crippen LogP contribution in [0.1, 0.15) is 56.3 Å². The molecule has 24 heavy (non-hydrogen) atoms. The molecule has 5 nitrogen and oxygen atoms in total. The van der Waals surface area contributed by atoms with Gasteiger partial charge in [-0.3, -0.25) is 4.79 Å². The number of carbonyl (C=O) groups excluding carboxylic acids is 1. The summed E-state index contributed by atoms with van der Waals surface area (Å²) >= 11 is 0. The Balaban J connectivity index is 0.00000264. The molecule has 1 aliphatic rings. The van der Waals surface area contributed by atoms with E-state index in [4.69, 9.17) is 5.73 Å². The third-order valence-corrected chi connectivity index (χ3v) is 4.54. The summed E-state index contributed by atoms with van der Waals surface area (Å²) < 4.78 is 0. The molecule has 0 saturated heterocycles. The van der Waals surface area contributed by atoms with E-state index in [1.54, 1.807) is 6.20 Å². The van der Waals surface area contributed by atoms with E-state index in [2.05, 4.69) is 29.0 Å². The summed E-state index contributed by atoms with van der Waals surface area (Å²) in [6, 6.07) is 3.78. The second-order valence-electron chi connectivity index (χ2n) is 6.13. The van der Waals surface area contributed by atoms with Crippen LogP contribution in [-0.4, -0.2) is 36.1 Å². The monoisotopic (exact) mass is 376 g/mol. The molecule has 2 rings (SSSR count). The molecule has 0 bridgehead atoms. The molecule has 0 radical (unpaired) electrons. The maximum atomic E-state index is 12.4. The van der Waals surface area contributed by atoms with Crippen LogP contribution in [0.15, 0.2) is 18.3 Å². The zero-order valence-electron chi connectivity index (χ0n) is 14.6. The van der Waals surface area contributed by atoms with Crippen molar-refractivity contribution in [1.29, 1.82) is 0 Å². The van der Waals surface area contributed by atoms with E-state index in [1.807, 2.05) is 12.1 Å². The first kappa shape index (κ1) is 23.0. The third kappa shape index (κ3) is 5.50. The van der Waals surface area contributed by atoms with Crippen LogP contribution in [0, 0.1) is 0 Å². The fraction of sp³-hybridized carbons (Fsp3) is 0.647. The standard InChI is InChI=1S/C17H28N4O.2ClH/c1-3-11-21(4-2)15-8-7-14(12-19-15)16(22)20-17(13-18)9-5-6-10-17;;/h7-8,12H,3-6,9-11,13,18H2,1-2H3,(H,20,22);2*1H. The van der Waals surface area contributed by atoms with Gasteiger partial charge in [0, 0.05) is 25.8 Å². The summed E-state index contributed by atoms with van der Waals surface area (Å²) in [4.78, 5) is 19.1. The van der Waals surface area contributed by atoms with Gasteiger partial charge in [0.2, 0.25) is 0 Å². The van der Waals surface area contributed by atoms with Crippen LogP contribution in [0.3, 0.4) is 0 Å². The summed E-state index contributed by atoms with van der Waals surface area (Å²) in [5.41, 5.74) is 6.27. The van der Waals surface area contributed by atoms with Crippen LogP contribution in [0.25, 0.3) is 0 Å². The van der Waals surface area contributed by atoms with Gasteiger partial charge in [0.1, 0.15) is 5.82 Å². The van der Waals surface area contributed by atoms with Crippen LogP contribution in [-0.2, 0) is 0 Å². The fourth-order valence-corrected chi connectivity index (χ4v) is 3.16. The van der Waals surface area contributed by atoms with Gasteiger partial charge in [-0.1, -0.05) is 19.8 Å². The van der Waals surface area contributed by atoms with Gasteiger partial charge in [-0.25, -0.2) is 4.98 Å². The minimum absolute atomic E-state index is 0. The maximum absolute atomic E-state index is 12.4. The second kappa shape index (κ2) is 10.7. The molecule has 1 aromatic heterocycles. The lowest BCUT2D eigenvalue weighted by molar-refractivity contribution is 0.0903. The Morgan fingerprint density at radius 2 is 1.96 bits per heavy atom. The smallest absolute Gasteiger partial charge is 0.253 e. The molecule has 0 unspecified atom stereocenters. The minimum atomic E-state index is -0.215. The first-order valence-corrected chi connectivity index (χ1v) is 8.37. The summed E-state index contributed by atoms with van der Waals surface area (Å²) in [7, 11) is 0. The lowest BCUT2D eigenvalue weighted by Crippen LogP contribution is -2.51. The predicted molar refractivity (Wildman–Crippen MR) is 105 cm³/mol. The Morgan fingerprint density at radius 3 is 2.42 bits per heavy atom. The number of nitrogens with one attached hydrogen (secondary N) is 1. The van der Waals surface area contributed by atoms with Crippen molar-refractivity contribution in [3.05, 3.63) is 23.9 Å². The molecule has 0 aliphatic heterocycles. The van der Waals surface area contributed by atoms with Crippen molar-refractivity contribution in [2.45, 2.75) is 51.5 Å². The molecule has 1 heterocycles. The van der Waals surface area contributed by atoms with Crippen LogP contribution in [0.5, 0.6) is 0 Å². The Labute approximate surface area is 157 Å². The molecule has 3 N–H and O–H groups in total. The fourth-order valence-electron chi connectivity index (χ4n) is 3.16. The molecule has 1 saturated carbocycles. The number of rotatable bonds is 7. The molecule has 7 heteroatoms. The van der Waals surface area contributed by atoms with Crippen molar-refractivity contribution in [3.63, 3.8) is 0 Å². The molecular formula is C17H30Cl2N4O. The first-order chi connectivity index (χ1) is 10.6. The van der Waals surface area contributed by atoms with E-state index in [1.165, 1.54) is 0 Å². The van der Waals surface area contributed by atoms with Crippen LogP contribution in [0.2, 0.25) is 0 Å². The Hall–Kier alpha value is -1.04. The molecule has 1 aliphatic carbocycles. The van der Waals surface area contributed by atoms with Crippen LogP contribution in [0.4, 0.5) is 5.82 Å². The number of carbonyl (C=O) groups is 1. The third-order valence-electron chi connectivity index (χ3n) is 4.54. The number of hydrogen-bond donors (Lipinski definition) is 2. The summed E-state index contributed by atoms with van der Waals surface area (Å²) in [5.74, 6) is 0.861. The Kier molecular flexibility index (Phi) is 10.3. The van der Waals surface area contributed by atoms with Gasteiger partial charge >= 0.3 is 0 Å². The van der Waals surface area contributed by atoms with Gasteiger partial charge in [-0.2, -0.15) is 0 Å². The lowest BCUT2D eigenvalue weighted by Gasteiger charge is -2.28. The van der Waals surface area contributed by atoms with Crippen LogP contribution >= 0.6 is 24.8 Å². The highest BCUT2D eigenvalue weighted by Crippen LogP contribution is 2.29. The maximum Gasteiger partial charge on any atom is 0.253 e. The molecule has 1 aromatic rings. The highest BCUT2D eigenvalue weighted by molar-refractivity contribution is 5.94. The largest absolute Gasteiger partial charge is 0.357 e. The van der Waals surface area contributed by atoms with E-state index in [9.17, 15) is 4.79 Å². The van der Waals surface area contributed by atoms with Crippen molar-refractivity contribution in [1.82, 2.24) is 10.3 Å². The SMILES string of the molecule is CCCN(CC)c1ccc(C(=O)NC2(CN)CCCC2)cn1.Cl.Cl. The van der Waals surface area contributed by atoms with Gasteiger partial charge in [0.25, 0.3) is 5.91 Å². The number of aromatic nitrogens is 1. The number of amides is 1. The highest BCUT2D eigenvalue weighted by atomic mass is 35.5. The number of nitrogens with zero attached hydrogens (tertiary/aromatic N) is 2. The van der Waals surface area contributed by atoms with Gasteiger partial charge in [-0.05, 0) is 38.3 Å². The van der Waals surface area contributed by atoms with Gasteiger partial charge in [0.15, 0.2) is 0 Å². The summed E-state index contributed by atoms with van der Waals surface area (Å²) in [6.45, 7) is 6.67. The van der Waals surface area contributed by atoms with Crippen molar-refractivity contribution in [2.24, 2.45) is 5.73 Å². The van der Waals surface area contributed by atoms with Gasteiger partial charge < -0.3 is 16.0 Å². The van der Waals surface area contributed by atoms with Crippen molar-refractivity contribution in [3.8, 4) is 0 Å². The van der Waals surface area contributed by atoms with E-state index < -0.39 is 0 Å². The van der Waals surface area contributed by atoms with Crippen molar-refractivity contribution in [2.75, 3.05) is 24.5 Å². The second-order valence-corrected chi connectivity index (χ2v) is 6.13. The molecule has 0 spiro atoms. The van der Waals surface area contributed by atoms with Gasteiger partial charge in [-0.15, -0.1) is 24.8 Å². The lowest BCUT2D eigenvalue weighted by atomic mass is 9.97. The Morgan fingerprint density at radius 1 is 1.29 bits per heavy atom. The number of halogens is 2. The number of pyridine rings is 1. The Bertz CT molecular complexity index is 490. The number of anilines is 1. The molecule has 1 fully saturated rings. The molecule has 138 valence electrons. The van der Waals surface area contributed by atoms with E-state index in [0.29, 0.717) is 12.1 Å². The average molecular weight is 377 g/mol. The van der Waals surface area contributed by atoms with Crippen LogP contribution < -0.4 is 16.0 Å². The zero-order chi connectivity index (χ0) is 16.0. The number of hydrogen-bond acceptors (Lipinski definition) is 4. The van der Waals surface area contributed by atoms with E-state index in [-0.39, 0.29) is 36.3 Å². The van der Waals surface area contributed by atoms with Crippen molar-refractivity contribution >= 4 is 36.5 Å². The first-order valence-electron chi connectivity index (χ1n) is 8.37. The quantitative estimate of drug-likeness (QED) is 0.766. The van der Waals surface area contributed by atoms with E-state index in [0.717, 1.165) is 51.0 Å². The van der Waals surface area contributed by atoms with E-state index >= 15 is 0 Å². The average Bonchev–Trinajstić information content (AvgIpc) is 3.02.